The van der Waals surface area contributed by atoms with E-state index in [1.807, 2.05) is 16.8 Å². The number of likely N-dealkylation sites (tertiary alicyclic amines) is 1. The van der Waals surface area contributed by atoms with Gasteiger partial charge < -0.3 is 5.32 Å². The van der Waals surface area contributed by atoms with Crippen LogP contribution in [0.5, 0.6) is 0 Å². The minimum atomic E-state index is -0.243. The quantitative estimate of drug-likeness (QED) is 0.779. The van der Waals surface area contributed by atoms with Gasteiger partial charge >= 0.3 is 0 Å². The van der Waals surface area contributed by atoms with Gasteiger partial charge in [-0.15, -0.1) is 5.10 Å². The fourth-order valence-electron chi connectivity index (χ4n) is 2.96. The third-order valence-corrected chi connectivity index (χ3v) is 4.53. The van der Waals surface area contributed by atoms with Crippen molar-refractivity contribution in [1.82, 2.24) is 25.1 Å². The summed E-state index contributed by atoms with van der Waals surface area (Å²) in [4.78, 5) is 36.3. The molecule has 1 N–H and O–H groups in total. The van der Waals surface area contributed by atoms with Crippen LogP contribution in [-0.2, 0) is 14.4 Å². The van der Waals surface area contributed by atoms with Gasteiger partial charge in [-0.25, -0.2) is 4.68 Å². The molecule has 4 rings (SSSR count). The molecule has 1 aromatic carbocycles. The van der Waals surface area contributed by atoms with Crippen LogP contribution in [0.4, 0.5) is 5.69 Å². The molecule has 1 aliphatic carbocycles. The van der Waals surface area contributed by atoms with Crippen LogP contribution in [-0.4, -0.2) is 49.4 Å². The number of hydrogen-bond donors (Lipinski definition) is 1. The molecule has 1 saturated carbocycles. The second-order valence-corrected chi connectivity index (χ2v) is 6.49. The van der Waals surface area contributed by atoms with Crippen molar-refractivity contribution >= 4 is 23.4 Å². The molecule has 134 valence electrons. The number of carbonyl (C=O) groups excluding carboxylic acids is 3. The van der Waals surface area contributed by atoms with Crippen LogP contribution in [0.2, 0.25) is 0 Å². The van der Waals surface area contributed by atoms with E-state index in [2.05, 4.69) is 20.8 Å². The van der Waals surface area contributed by atoms with Crippen molar-refractivity contribution in [2.45, 2.75) is 38.1 Å². The highest BCUT2D eigenvalue weighted by atomic mass is 16.2. The first-order valence-corrected chi connectivity index (χ1v) is 8.63. The van der Waals surface area contributed by atoms with E-state index in [4.69, 9.17) is 0 Å². The monoisotopic (exact) mass is 354 g/mol. The van der Waals surface area contributed by atoms with Gasteiger partial charge in [0.2, 0.25) is 17.7 Å². The Bertz CT molecular complexity index is 840. The van der Waals surface area contributed by atoms with Crippen LogP contribution >= 0.6 is 0 Å². The van der Waals surface area contributed by atoms with Crippen molar-refractivity contribution in [3.8, 4) is 11.4 Å². The first kappa shape index (κ1) is 16.4. The zero-order valence-electron chi connectivity index (χ0n) is 14.1. The normalized spacial score (nSPS) is 17.0. The maximum Gasteiger partial charge on any atom is 0.229 e. The SMILES string of the molecule is O=C(CCN1C(=O)CCC1=O)Nc1ccc(-c2nnnn2C2CC2)cc1. The largest absolute Gasteiger partial charge is 0.326 e. The Labute approximate surface area is 149 Å². The van der Waals surface area contributed by atoms with Gasteiger partial charge in [-0.05, 0) is 47.5 Å². The molecule has 0 radical (unpaired) electrons. The molecule has 2 fully saturated rings. The summed E-state index contributed by atoms with van der Waals surface area (Å²) in [7, 11) is 0. The number of imide groups is 1. The first-order valence-electron chi connectivity index (χ1n) is 8.63. The molecule has 1 aromatic heterocycles. The van der Waals surface area contributed by atoms with Crippen molar-refractivity contribution in [3.63, 3.8) is 0 Å². The molecule has 1 saturated heterocycles. The zero-order valence-corrected chi connectivity index (χ0v) is 14.1. The van der Waals surface area contributed by atoms with Gasteiger partial charge in [0, 0.05) is 37.1 Å². The van der Waals surface area contributed by atoms with Crippen molar-refractivity contribution in [1.29, 1.82) is 0 Å². The summed E-state index contributed by atoms with van der Waals surface area (Å²) in [5, 5.41) is 14.6. The predicted molar refractivity (Wildman–Crippen MR) is 90.7 cm³/mol. The number of carbonyl (C=O) groups is 3. The van der Waals surface area contributed by atoms with E-state index in [0.717, 1.165) is 29.1 Å². The third-order valence-electron chi connectivity index (χ3n) is 4.53. The van der Waals surface area contributed by atoms with Gasteiger partial charge in [0.05, 0.1) is 6.04 Å². The zero-order chi connectivity index (χ0) is 18.1. The lowest BCUT2D eigenvalue weighted by Gasteiger charge is -2.13. The highest BCUT2D eigenvalue weighted by Crippen LogP contribution is 2.36. The lowest BCUT2D eigenvalue weighted by Crippen LogP contribution is -2.32. The fraction of sp³-hybridized carbons (Fsp3) is 0.412. The molecule has 2 aromatic rings. The molecule has 0 atom stereocenters. The first-order chi connectivity index (χ1) is 12.6. The van der Waals surface area contributed by atoms with Crippen molar-refractivity contribution < 1.29 is 14.4 Å². The third kappa shape index (κ3) is 3.32. The highest BCUT2D eigenvalue weighted by molar-refractivity contribution is 6.02. The van der Waals surface area contributed by atoms with Gasteiger partial charge in [0.1, 0.15) is 0 Å². The molecule has 2 aliphatic rings. The summed E-state index contributed by atoms with van der Waals surface area (Å²) in [6, 6.07) is 7.66. The average molecular weight is 354 g/mol. The average Bonchev–Trinajstić information content (AvgIpc) is 3.28. The van der Waals surface area contributed by atoms with Crippen molar-refractivity contribution in [2.24, 2.45) is 0 Å². The van der Waals surface area contributed by atoms with Crippen molar-refractivity contribution in [3.05, 3.63) is 24.3 Å². The van der Waals surface area contributed by atoms with Gasteiger partial charge in [0.15, 0.2) is 5.82 Å². The van der Waals surface area contributed by atoms with E-state index in [1.54, 1.807) is 12.1 Å². The van der Waals surface area contributed by atoms with Gasteiger partial charge in [-0.2, -0.15) is 0 Å². The van der Waals surface area contributed by atoms with Gasteiger partial charge in [-0.1, -0.05) is 0 Å². The molecule has 0 unspecified atom stereocenters. The summed E-state index contributed by atoms with van der Waals surface area (Å²) in [5.74, 6) is 0.0607. The number of nitrogens with zero attached hydrogens (tertiary/aromatic N) is 5. The molecule has 9 nitrogen and oxygen atoms in total. The van der Waals surface area contributed by atoms with E-state index < -0.39 is 0 Å². The van der Waals surface area contributed by atoms with Crippen LogP contribution in [0.3, 0.4) is 0 Å². The molecule has 2 heterocycles. The Kier molecular flexibility index (Phi) is 4.19. The van der Waals surface area contributed by atoms with Crippen LogP contribution in [0.15, 0.2) is 24.3 Å². The molecule has 26 heavy (non-hydrogen) atoms. The summed E-state index contributed by atoms with van der Waals surface area (Å²) in [6.07, 6.45) is 2.74. The predicted octanol–water partition coefficient (Wildman–Crippen LogP) is 1.15. The number of aromatic nitrogens is 4. The minimum Gasteiger partial charge on any atom is -0.326 e. The van der Waals surface area contributed by atoms with Crippen LogP contribution in [0.1, 0.15) is 38.1 Å². The lowest BCUT2D eigenvalue weighted by atomic mass is 10.2. The number of amides is 3. The van der Waals surface area contributed by atoms with E-state index in [1.165, 1.54) is 0 Å². The molecule has 1 aliphatic heterocycles. The maximum atomic E-state index is 12.1. The lowest BCUT2D eigenvalue weighted by molar-refractivity contribution is -0.138. The second-order valence-electron chi connectivity index (χ2n) is 6.49. The summed E-state index contributed by atoms with van der Waals surface area (Å²) < 4.78 is 1.83. The number of benzene rings is 1. The standard InChI is InChI=1S/C17H18N6O3/c24-14(9-10-22-15(25)7-8-16(22)26)18-12-3-1-11(2-4-12)17-19-20-21-23(17)13-5-6-13/h1-4,13H,5-10H2,(H,18,24). The van der Waals surface area contributed by atoms with Gasteiger partial charge in [0.25, 0.3) is 0 Å². The summed E-state index contributed by atoms with van der Waals surface area (Å²) in [6.45, 7) is 0.123. The molecule has 9 heteroatoms. The van der Waals surface area contributed by atoms with E-state index in [0.29, 0.717) is 11.7 Å². The number of tetrazole rings is 1. The Balaban J connectivity index is 1.35. The molecule has 0 bridgehead atoms. The topological polar surface area (TPSA) is 110 Å². The van der Waals surface area contributed by atoms with Crippen LogP contribution < -0.4 is 5.32 Å². The Morgan fingerprint density at radius 2 is 1.81 bits per heavy atom. The summed E-state index contributed by atoms with van der Waals surface area (Å²) in [5.41, 5.74) is 1.52. The van der Waals surface area contributed by atoms with E-state index in [-0.39, 0.29) is 43.5 Å². The fourth-order valence-corrected chi connectivity index (χ4v) is 2.96. The summed E-state index contributed by atoms with van der Waals surface area (Å²) >= 11 is 0. The number of rotatable bonds is 6. The Morgan fingerprint density at radius 3 is 2.46 bits per heavy atom. The molecular formula is C17H18N6O3. The smallest absolute Gasteiger partial charge is 0.229 e. The van der Waals surface area contributed by atoms with E-state index in [9.17, 15) is 14.4 Å². The Morgan fingerprint density at radius 1 is 1.12 bits per heavy atom. The molecular weight excluding hydrogens is 336 g/mol. The number of hydrogen-bond acceptors (Lipinski definition) is 6. The van der Waals surface area contributed by atoms with E-state index >= 15 is 0 Å². The van der Waals surface area contributed by atoms with Crippen LogP contribution in [0.25, 0.3) is 11.4 Å². The van der Waals surface area contributed by atoms with Crippen molar-refractivity contribution in [2.75, 3.05) is 11.9 Å². The maximum absolute atomic E-state index is 12.1. The molecule has 3 amide bonds. The molecule has 0 spiro atoms. The number of anilines is 1. The van der Waals surface area contributed by atoms with Gasteiger partial charge in [-0.3, -0.25) is 19.3 Å². The second kappa shape index (κ2) is 6.66. The minimum absolute atomic E-state index is 0.0825. The highest BCUT2D eigenvalue weighted by Gasteiger charge is 2.29. The van der Waals surface area contributed by atoms with Crippen LogP contribution in [0, 0.1) is 0 Å². The number of nitrogens with one attached hydrogen (secondary N) is 1. The Hall–Kier alpha value is -3.10.